The molecule has 0 aliphatic rings. The van der Waals surface area contributed by atoms with Crippen molar-refractivity contribution >= 4 is 23.5 Å². The summed E-state index contributed by atoms with van der Waals surface area (Å²) in [5, 5.41) is 0. The Hall–Kier alpha value is 0.997. The first-order valence-electron chi connectivity index (χ1n) is 6.42. The zero-order chi connectivity index (χ0) is 12.8. The molecule has 0 spiro atoms. The average molecular weight is 279 g/mol. The third-order valence-electron chi connectivity index (χ3n) is 2.36. The van der Waals surface area contributed by atoms with Crippen LogP contribution in [0.3, 0.4) is 0 Å². The summed E-state index contributed by atoms with van der Waals surface area (Å²) in [7, 11) is 0.655. The second-order valence-electron chi connectivity index (χ2n) is 4.82. The van der Waals surface area contributed by atoms with E-state index in [1.165, 1.54) is 26.2 Å². The second-order valence-corrected chi connectivity index (χ2v) is 18.5. The van der Waals surface area contributed by atoms with Crippen LogP contribution < -0.4 is 0 Å². The molecule has 0 bridgehead atoms. The zero-order valence-electron chi connectivity index (χ0n) is 12.1. The number of hydrogen-bond donors (Lipinski definition) is 0. The standard InChI is InChI=1S/C11H29N2P2Si/c1-8-12(9-2)15(13(10-3)11-4)14-16(5,6)7/h8-11H2,1-7H3/q-1. The SMILES string of the molecule is CCN(CC)P([P-][Si](C)(C)C)N(CC)CC. The van der Waals surface area contributed by atoms with E-state index in [4.69, 9.17) is 0 Å². The normalized spacial score (nSPS) is 13.9. The first-order chi connectivity index (χ1) is 7.39. The summed E-state index contributed by atoms with van der Waals surface area (Å²) in [6.45, 7) is 21.4. The molecule has 0 rings (SSSR count). The maximum absolute atomic E-state index is 2.67. The predicted molar refractivity (Wildman–Crippen MR) is 83.0 cm³/mol. The Labute approximate surface area is 107 Å². The quantitative estimate of drug-likeness (QED) is 0.470. The van der Waals surface area contributed by atoms with E-state index in [1.807, 2.05) is 0 Å². The van der Waals surface area contributed by atoms with Crippen molar-refractivity contribution in [1.29, 1.82) is 0 Å². The highest BCUT2D eigenvalue weighted by Crippen LogP contribution is 2.64. The lowest BCUT2D eigenvalue weighted by Gasteiger charge is -2.52. The summed E-state index contributed by atoms with van der Waals surface area (Å²) < 4.78 is 5.34. The molecule has 0 unspecified atom stereocenters. The van der Waals surface area contributed by atoms with Crippen LogP contribution in [0.4, 0.5) is 0 Å². The van der Waals surface area contributed by atoms with Gasteiger partial charge in [-0.25, -0.2) is 0 Å². The van der Waals surface area contributed by atoms with E-state index in [1.54, 1.807) is 7.82 Å². The Bertz CT molecular complexity index is 165. The Balaban J connectivity index is 4.73. The fourth-order valence-electron chi connectivity index (χ4n) is 1.53. The van der Waals surface area contributed by atoms with Crippen LogP contribution in [0, 0.1) is 0 Å². The van der Waals surface area contributed by atoms with Gasteiger partial charge in [0, 0.05) is 0 Å². The molecule has 0 saturated heterocycles. The maximum atomic E-state index is 2.67. The highest BCUT2D eigenvalue weighted by Gasteiger charge is 2.15. The topological polar surface area (TPSA) is 6.48 Å². The van der Waals surface area contributed by atoms with E-state index < -0.39 is 7.74 Å². The average Bonchev–Trinajstić information content (AvgIpc) is 2.19. The lowest BCUT2D eigenvalue weighted by Crippen LogP contribution is -2.29. The van der Waals surface area contributed by atoms with Gasteiger partial charge in [0.25, 0.3) is 0 Å². The van der Waals surface area contributed by atoms with Gasteiger partial charge in [0.1, 0.15) is 0 Å². The van der Waals surface area contributed by atoms with Crippen molar-refractivity contribution < 1.29 is 0 Å². The Morgan fingerprint density at radius 3 is 1.31 bits per heavy atom. The number of hydrogen-bond acceptors (Lipinski definition) is 2. The van der Waals surface area contributed by atoms with Gasteiger partial charge >= 0.3 is 0 Å². The molecule has 0 aromatic rings. The highest BCUT2D eigenvalue weighted by atomic mass is 32.2. The van der Waals surface area contributed by atoms with Crippen molar-refractivity contribution in [3.8, 4) is 0 Å². The Morgan fingerprint density at radius 2 is 1.12 bits per heavy atom. The molecule has 0 saturated carbocycles. The first-order valence-corrected chi connectivity index (χ1v) is 13.6. The van der Waals surface area contributed by atoms with E-state index in [2.05, 4.69) is 56.7 Å². The molecular formula is C11H29N2P2Si-. The van der Waals surface area contributed by atoms with Crippen molar-refractivity contribution in [2.24, 2.45) is 0 Å². The molecule has 0 atom stereocenters. The molecule has 16 heavy (non-hydrogen) atoms. The van der Waals surface area contributed by atoms with Crippen LogP contribution in [-0.4, -0.2) is 43.3 Å². The zero-order valence-corrected chi connectivity index (χ0v) is 14.9. The van der Waals surface area contributed by atoms with Gasteiger partial charge in [-0.05, 0) is 26.2 Å². The van der Waals surface area contributed by atoms with Crippen molar-refractivity contribution in [3.63, 3.8) is 0 Å². The fourth-order valence-corrected chi connectivity index (χ4v) is 14.7. The lowest BCUT2D eigenvalue weighted by molar-refractivity contribution is 0.435. The van der Waals surface area contributed by atoms with Crippen LogP contribution in [0.5, 0.6) is 0 Å². The summed E-state index contributed by atoms with van der Waals surface area (Å²) in [5.74, 6) is 0. The molecule has 5 heteroatoms. The molecule has 0 fully saturated rings. The summed E-state index contributed by atoms with van der Waals surface area (Å²) in [5.41, 5.74) is 0. The van der Waals surface area contributed by atoms with E-state index in [0.717, 1.165) is 0 Å². The van der Waals surface area contributed by atoms with Gasteiger partial charge in [-0.15, -0.1) is 7.91 Å². The van der Waals surface area contributed by atoms with E-state index in [-0.39, 0.29) is 7.91 Å². The summed E-state index contributed by atoms with van der Waals surface area (Å²) >= 11 is 0. The van der Waals surface area contributed by atoms with Gasteiger partial charge in [-0.1, -0.05) is 55.1 Å². The predicted octanol–water partition coefficient (Wildman–Crippen LogP) is 4.68. The van der Waals surface area contributed by atoms with Gasteiger partial charge in [0.05, 0.1) is 0 Å². The minimum absolute atomic E-state index is 0.0754. The van der Waals surface area contributed by atoms with Crippen molar-refractivity contribution in [3.05, 3.63) is 0 Å². The van der Waals surface area contributed by atoms with Gasteiger partial charge < -0.3 is 7.82 Å². The fraction of sp³-hybridized carbons (Fsp3) is 1.00. The van der Waals surface area contributed by atoms with Crippen LogP contribution in [0.2, 0.25) is 19.6 Å². The third kappa shape index (κ3) is 6.07. The van der Waals surface area contributed by atoms with E-state index in [0.29, 0.717) is 0 Å². The van der Waals surface area contributed by atoms with Gasteiger partial charge in [-0.2, -0.15) is 0 Å². The van der Waals surface area contributed by atoms with Crippen molar-refractivity contribution in [1.82, 2.24) is 9.34 Å². The molecular weight excluding hydrogens is 250 g/mol. The molecule has 0 aliphatic heterocycles. The molecule has 0 heterocycles. The van der Waals surface area contributed by atoms with Crippen LogP contribution in [0.1, 0.15) is 27.7 Å². The minimum atomic E-state index is -0.993. The third-order valence-corrected chi connectivity index (χ3v) is 16.1. The highest BCUT2D eigenvalue weighted by molar-refractivity contribution is 8.33. The van der Waals surface area contributed by atoms with Gasteiger partial charge in [-0.3, -0.25) is 9.34 Å². The smallest absolute Gasteiger partial charge is 0.00196 e. The molecule has 2 nitrogen and oxygen atoms in total. The summed E-state index contributed by atoms with van der Waals surface area (Å²) in [4.78, 5) is 0. The maximum Gasteiger partial charge on any atom is -0.00196 e. The summed E-state index contributed by atoms with van der Waals surface area (Å²) in [6.07, 6.45) is 0. The van der Waals surface area contributed by atoms with Crippen LogP contribution in [0.15, 0.2) is 0 Å². The monoisotopic (exact) mass is 279 g/mol. The van der Waals surface area contributed by atoms with Crippen molar-refractivity contribution in [2.45, 2.75) is 47.3 Å². The van der Waals surface area contributed by atoms with Crippen LogP contribution in [-0.2, 0) is 0 Å². The van der Waals surface area contributed by atoms with E-state index >= 15 is 0 Å². The number of rotatable bonds is 8. The second kappa shape index (κ2) is 8.16. The van der Waals surface area contributed by atoms with Gasteiger partial charge in [0.15, 0.2) is 0 Å². The minimum Gasteiger partial charge on any atom is -0.476 e. The molecule has 0 radical (unpaired) electrons. The van der Waals surface area contributed by atoms with Crippen molar-refractivity contribution in [2.75, 3.05) is 26.2 Å². The molecule has 0 amide bonds. The largest absolute Gasteiger partial charge is 0.476 e. The van der Waals surface area contributed by atoms with Crippen LogP contribution >= 0.6 is 15.7 Å². The van der Waals surface area contributed by atoms with Gasteiger partial charge in [0.2, 0.25) is 0 Å². The summed E-state index contributed by atoms with van der Waals surface area (Å²) in [6, 6.07) is 0. The number of nitrogens with zero attached hydrogens (tertiary/aromatic N) is 2. The molecule has 98 valence electrons. The Kier molecular flexibility index (Phi) is 8.67. The van der Waals surface area contributed by atoms with Crippen LogP contribution in [0.25, 0.3) is 0 Å². The molecule has 0 N–H and O–H groups in total. The van der Waals surface area contributed by atoms with E-state index in [9.17, 15) is 0 Å². The Morgan fingerprint density at radius 1 is 0.812 bits per heavy atom. The molecule has 0 aromatic heterocycles. The lowest BCUT2D eigenvalue weighted by atomic mass is 10.7. The molecule has 0 aliphatic carbocycles. The first kappa shape index (κ1) is 17.0. The molecule has 0 aromatic carbocycles.